The fourth-order valence-corrected chi connectivity index (χ4v) is 8.78. The van der Waals surface area contributed by atoms with Crippen LogP contribution >= 0.6 is 0 Å². The number of carbonyl (C=O) groups is 5. The third-order valence-electron chi connectivity index (χ3n) is 13.3. The molecule has 3 unspecified atom stereocenters. The van der Waals surface area contributed by atoms with Crippen LogP contribution in [0.2, 0.25) is 0 Å². The maximum absolute atomic E-state index is 11.8. The molecule has 12 atom stereocenters. The van der Waals surface area contributed by atoms with Crippen LogP contribution in [0.25, 0.3) is 45.4 Å². The van der Waals surface area contributed by atoms with Gasteiger partial charge in [0, 0.05) is 19.4 Å². The van der Waals surface area contributed by atoms with E-state index in [0.29, 0.717) is 11.1 Å². The molecule has 8 aromatic heterocycles. The van der Waals surface area contributed by atoms with Gasteiger partial charge in [0.25, 0.3) is 17.8 Å². The van der Waals surface area contributed by atoms with Crippen LogP contribution in [-0.2, 0) is 38.1 Å². The fraction of sp³-hybridized carbons (Fsp3) is 0.458. The molecule has 11 rings (SSSR count). The molecule has 0 bridgehead atoms. The van der Waals surface area contributed by atoms with E-state index in [2.05, 4.69) is 70.5 Å². The van der Waals surface area contributed by atoms with Crippen LogP contribution in [0.4, 0.5) is 23.4 Å². The zero-order chi connectivity index (χ0) is 63.8. The van der Waals surface area contributed by atoms with E-state index >= 15 is 0 Å². The average molecular weight is 1250 g/mol. The number of rotatable bonds is 16. The second-order valence-corrected chi connectivity index (χ2v) is 18.7. The highest BCUT2D eigenvalue weighted by atomic mass is 16.6. The lowest BCUT2D eigenvalue weighted by molar-refractivity contribution is -0.150. The number of imidazole rings is 3. The number of nitrogens with zero attached hydrogens (tertiary/aromatic N) is 16. The molecule has 89 heavy (non-hydrogen) atoms. The molecule has 11 heterocycles. The highest BCUT2D eigenvalue weighted by Crippen LogP contribution is 2.35. The largest absolute Gasteiger partial charge is 0.465 e. The SMILES string of the molecule is C.CCOC(=O)C(C=O)C=O.CCOC(=O)c1cnn(-c2nc(N)c3ncn(C4O[C@H](CO)[C@@H](O)[C@H]4O)c3n2)c1.CNC(=O)c1cnn(-c2nc(N)c3ncn(C4O[C@H](CO)[C@@H](O)[C@H]4O)c3n2)c1.NNc1nc(N)c2ncn(C3O[C@H](CO)[C@@H](O)[C@H]3O)c2n1. The number of aldehydes is 2. The van der Waals surface area contributed by atoms with E-state index in [1.54, 1.807) is 13.8 Å². The Morgan fingerprint density at radius 3 is 1.34 bits per heavy atom. The fourth-order valence-electron chi connectivity index (χ4n) is 8.78. The number of nitrogens with two attached hydrogens (primary N) is 4. The molecule has 19 N–H and O–H groups in total. The number of hydrogen-bond donors (Lipinski definition) is 15. The van der Waals surface area contributed by atoms with Crippen LogP contribution in [0.5, 0.6) is 0 Å². The predicted molar refractivity (Wildman–Crippen MR) is 299 cm³/mol. The molecule has 1 amide bonds. The van der Waals surface area contributed by atoms with Gasteiger partial charge in [0.15, 0.2) is 59.0 Å². The van der Waals surface area contributed by atoms with Gasteiger partial charge in [-0.2, -0.15) is 40.1 Å². The summed E-state index contributed by atoms with van der Waals surface area (Å²) in [5, 5.41) is 98.6. The molecule has 3 fully saturated rings. The van der Waals surface area contributed by atoms with Crippen LogP contribution in [0.3, 0.4) is 0 Å². The van der Waals surface area contributed by atoms with Crippen molar-refractivity contribution in [2.24, 2.45) is 11.8 Å². The lowest BCUT2D eigenvalue weighted by atomic mass is 10.1. The number of aliphatic hydroxyl groups is 9. The monoisotopic (exact) mass is 1250 g/mol. The lowest BCUT2D eigenvalue weighted by Crippen LogP contribution is -2.33. The van der Waals surface area contributed by atoms with Crippen molar-refractivity contribution in [3.63, 3.8) is 0 Å². The molecule has 8 aromatic rings. The first-order valence-electron chi connectivity index (χ1n) is 26.1. The molecule has 0 spiro atoms. The summed E-state index contributed by atoms with van der Waals surface area (Å²) < 4.78 is 32.5. The number of nitrogen functional groups attached to an aromatic ring is 4. The van der Waals surface area contributed by atoms with Crippen molar-refractivity contribution in [2.75, 3.05) is 62.7 Å². The minimum Gasteiger partial charge on any atom is -0.465 e. The first-order valence-corrected chi connectivity index (χ1v) is 26.1. The molecule has 3 aliphatic rings. The molecule has 480 valence electrons. The minimum atomic E-state index is -1.32. The van der Waals surface area contributed by atoms with Crippen molar-refractivity contribution in [1.82, 2.24) is 83.4 Å². The van der Waals surface area contributed by atoms with Crippen molar-refractivity contribution < 1.29 is 93.6 Å². The van der Waals surface area contributed by atoms with E-state index in [1.165, 1.54) is 73.9 Å². The number of nitrogens with one attached hydrogen (secondary N) is 2. The molecule has 41 nitrogen and oxygen atoms in total. The van der Waals surface area contributed by atoms with Gasteiger partial charge in [0.2, 0.25) is 5.95 Å². The summed E-state index contributed by atoms with van der Waals surface area (Å²) in [5.74, 6) is 2.79. The highest BCUT2D eigenvalue weighted by Gasteiger charge is 2.46. The molecular formula is C48H64N22O19. The Morgan fingerprint density at radius 1 is 0.596 bits per heavy atom. The Kier molecular flexibility index (Phi) is 21.8. The van der Waals surface area contributed by atoms with Gasteiger partial charge in [-0.05, 0) is 13.8 Å². The Bertz CT molecular complexity index is 3760. The van der Waals surface area contributed by atoms with Gasteiger partial charge in [-0.15, -0.1) is 0 Å². The molecular weight excluding hydrogens is 1190 g/mol. The smallest absolute Gasteiger partial charge is 0.341 e. The quantitative estimate of drug-likeness (QED) is 0.0141. The molecule has 0 radical (unpaired) electrons. The lowest BCUT2D eigenvalue weighted by Gasteiger charge is -2.16. The van der Waals surface area contributed by atoms with E-state index in [-0.39, 0.29) is 108 Å². The second-order valence-electron chi connectivity index (χ2n) is 18.7. The maximum Gasteiger partial charge on any atom is 0.341 e. The van der Waals surface area contributed by atoms with Crippen LogP contribution in [0.15, 0.2) is 43.8 Å². The minimum absolute atomic E-state index is 0. The van der Waals surface area contributed by atoms with Crippen LogP contribution in [0.1, 0.15) is 60.7 Å². The summed E-state index contributed by atoms with van der Waals surface area (Å²) in [6.07, 6.45) is -3.41. The Morgan fingerprint density at radius 2 is 0.978 bits per heavy atom. The van der Waals surface area contributed by atoms with Crippen LogP contribution < -0.4 is 33.8 Å². The summed E-state index contributed by atoms with van der Waals surface area (Å²) in [5.41, 5.74) is 22.1. The van der Waals surface area contributed by atoms with Crippen LogP contribution in [-0.4, -0.2) is 250 Å². The van der Waals surface area contributed by atoms with E-state index in [4.69, 9.17) is 47.1 Å². The summed E-state index contributed by atoms with van der Waals surface area (Å²) in [4.78, 5) is 91.3. The number of hydrogen-bond acceptors (Lipinski definition) is 35. The van der Waals surface area contributed by atoms with Gasteiger partial charge in [-0.1, -0.05) is 7.43 Å². The number of esters is 2. The van der Waals surface area contributed by atoms with Crippen molar-refractivity contribution in [3.05, 3.63) is 54.9 Å². The number of fused-ring (bicyclic) bond motifs is 3. The number of aromatic nitrogens is 16. The highest BCUT2D eigenvalue weighted by molar-refractivity contribution is 6.02. The van der Waals surface area contributed by atoms with E-state index in [1.807, 2.05) is 0 Å². The third kappa shape index (κ3) is 13.6. The maximum atomic E-state index is 11.8. The summed E-state index contributed by atoms with van der Waals surface area (Å²) in [6.45, 7) is 2.35. The number of ether oxygens (including phenoxy) is 5. The number of carbonyl (C=O) groups excluding carboxylic acids is 5. The normalized spacial score (nSPS) is 23.6. The molecule has 0 aliphatic carbocycles. The predicted octanol–water partition coefficient (Wildman–Crippen LogP) is -6.55. The summed E-state index contributed by atoms with van der Waals surface area (Å²) in [7, 11) is 1.50. The zero-order valence-electron chi connectivity index (χ0n) is 46.3. The van der Waals surface area contributed by atoms with Crippen molar-refractivity contribution >= 4 is 87.3 Å². The van der Waals surface area contributed by atoms with Gasteiger partial charge in [0.05, 0.1) is 75.5 Å². The number of anilines is 4. The second kappa shape index (κ2) is 29.0. The van der Waals surface area contributed by atoms with E-state index in [9.17, 15) is 64.8 Å². The molecule has 41 heteroatoms. The molecule has 3 aliphatic heterocycles. The number of hydrazine groups is 1. The van der Waals surface area contributed by atoms with Crippen molar-refractivity contribution in [3.8, 4) is 11.9 Å². The Hall–Kier alpha value is -9.50. The van der Waals surface area contributed by atoms with E-state index in [0.717, 1.165) is 0 Å². The molecule has 3 saturated heterocycles. The van der Waals surface area contributed by atoms with Gasteiger partial charge >= 0.3 is 11.9 Å². The Balaban J connectivity index is 0.000000177. The standard InChI is InChI=1S/C16H19N7O6.C15H18N8O5.C10H15N7O4.C6H8O4.CH4/c1-2-28-15(27)7-3-19-23(4-7)16-20-12(17)9-13(21-16)22(6-18-9)14-11(26)10(25)8(5-24)29-14;1-17-13(27)6-2-19-23(3-6)15-20-11(16)8-12(21-15)22(5-18-8)14-10(26)9(25)7(4-24)28-14;11-7-4-8(15-10(14-7)16-12)17(2-13-4)9-6(20)5(19)3(1-18)21-9;1-2-10-6(9)5(3-7)4-8;/h3-4,6,8,10-11,14,24-26H,2,5H2,1H3,(H2,17,20,21);2-3,5,7,9-10,14,24-26H,4H2,1H3,(H,17,27)(H2,16,20,21);2-3,5-6,9,18-20H,1,12H2,(H3,11,14,15,16);3-5H,2H2,1H3;1H4/t8-,10-,11-,14?;7-,9-,10-,14?;3-,5-,6-,9?;;/m111../s1. The van der Waals surface area contributed by atoms with Gasteiger partial charge in [-0.3, -0.25) is 28.7 Å². The van der Waals surface area contributed by atoms with Gasteiger partial charge < -0.3 is 102 Å². The number of aliphatic hydroxyl groups excluding tert-OH is 9. The topological polar surface area (TPSA) is 608 Å². The average Bonchev–Trinajstić information content (AvgIpc) is 2.33. The first kappa shape index (κ1) is 67.0. The number of amides is 1. The van der Waals surface area contributed by atoms with Gasteiger partial charge in [0.1, 0.15) is 84.1 Å². The molecule has 0 saturated carbocycles. The zero-order valence-corrected chi connectivity index (χ0v) is 46.3. The molecule has 0 aromatic carbocycles. The van der Waals surface area contributed by atoms with E-state index < -0.39 is 111 Å². The third-order valence-corrected chi connectivity index (χ3v) is 13.3. The summed E-state index contributed by atoms with van der Waals surface area (Å²) >= 11 is 0. The Labute approximate surface area is 499 Å². The van der Waals surface area contributed by atoms with Crippen molar-refractivity contribution in [1.29, 1.82) is 0 Å². The van der Waals surface area contributed by atoms with Crippen LogP contribution in [0, 0.1) is 5.92 Å². The summed E-state index contributed by atoms with van der Waals surface area (Å²) in [6, 6.07) is 0. The van der Waals surface area contributed by atoms with Gasteiger partial charge in [-0.25, -0.2) is 35.0 Å². The first-order chi connectivity index (χ1) is 42.2. The van der Waals surface area contributed by atoms with Crippen molar-refractivity contribution in [2.45, 2.75) is 94.9 Å².